The molecule has 8 nitrogen and oxygen atoms in total. The third kappa shape index (κ3) is 2.23. The summed E-state index contributed by atoms with van der Waals surface area (Å²) in [5.74, 6) is -4.05. The van der Waals surface area contributed by atoms with Crippen molar-refractivity contribution in [2.45, 2.75) is 89.9 Å². The molecule has 6 rings (SSSR count). The predicted octanol–water partition coefficient (Wildman–Crippen LogP) is 2.68. The van der Waals surface area contributed by atoms with Crippen LogP contribution in [0.2, 0.25) is 0 Å². The zero-order valence-corrected chi connectivity index (χ0v) is 20.2. The molecule has 2 spiro atoms. The molecule has 8 heteroatoms. The number of aliphatic hydroxyl groups excluding tert-OH is 1. The van der Waals surface area contributed by atoms with Crippen LogP contribution in [0.3, 0.4) is 0 Å². The Morgan fingerprint density at radius 2 is 1.79 bits per heavy atom. The van der Waals surface area contributed by atoms with Crippen LogP contribution in [0.25, 0.3) is 0 Å². The number of rotatable bonds is 1. The van der Waals surface area contributed by atoms with Crippen LogP contribution in [0.4, 0.5) is 0 Å². The first-order chi connectivity index (χ1) is 15.3. The molecule has 0 unspecified atom stereocenters. The molecule has 1 saturated carbocycles. The summed E-state index contributed by atoms with van der Waals surface area (Å²) in [6.45, 7) is 11.6. The summed E-state index contributed by atoms with van der Waals surface area (Å²) in [6, 6.07) is 0. The first-order valence-corrected chi connectivity index (χ1v) is 12.1. The maximum Gasteiger partial charge on any atom is 0.330 e. The Kier molecular flexibility index (Phi) is 4.01. The van der Waals surface area contributed by atoms with Crippen LogP contribution in [-0.4, -0.2) is 52.7 Å². The van der Waals surface area contributed by atoms with Gasteiger partial charge in [0, 0.05) is 24.3 Å². The Morgan fingerprint density at radius 3 is 2.48 bits per heavy atom. The van der Waals surface area contributed by atoms with Crippen molar-refractivity contribution in [3.63, 3.8) is 0 Å². The van der Waals surface area contributed by atoms with Gasteiger partial charge in [-0.3, -0.25) is 9.53 Å². The molecule has 6 aliphatic rings. The van der Waals surface area contributed by atoms with Gasteiger partial charge in [0.05, 0.1) is 23.5 Å². The molecule has 33 heavy (non-hydrogen) atoms. The van der Waals surface area contributed by atoms with Crippen molar-refractivity contribution < 1.29 is 38.4 Å². The van der Waals surface area contributed by atoms with Crippen molar-refractivity contribution in [2.75, 3.05) is 6.61 Å². The number of fused-ring (bicyclic) bond motifs is 2. The fourth-order valence-electron chi connectivity index (χ4n) is 8.44. The third-order valence-corrected chi connectivity index (χ3v) is 10.3. The molecular formula is C25H34O8. The molecule has 1 aliphatic carbocycles. The molecule has 1 N–H and O–H groups in total. The van der Waals surface area contributed by atoms with Gasteiger partial charge in [0.1, 0.15) is 11.7 Å². The summed E-state index contributed by atoms with van der Waals surface area (Å²) < 4.78 is 31.5. The van der Waals surface area contributed by atoms with Crippen LogP contribution < -0.4 is 0 Å². The minimum Gasteiger partial charge on any atom is -0.456 e. The van der Waals surface area contributed by atoms with Crippen molar-refractivity contribution in [2.24, 2.45) is 34.5 Å². The van der Waals surface area contributed by atoms with Crippen molar-refractivity contribution in [3.05, 3.63) is 12.2 Å². The number of aliphatic hydroxyl groups is 1. The summed E-state index contributed by atoms with van der Waals surface area (Å²) >= 11 is 0. The van der Waals surface area contributed by atoms with E-state index in [2.05, 4.69) is 20.8 Å². The van der Waals surface area contributed by atoms with E-state index in [0.29, 0.717) is 6.42 Å². The second-order valence-corrected chi connectivity index (χ2v) is 12.1. The molecule has 0 aromatic heterocycles. The maximum atomic E-state index is 12.8. The highest BCUT2D eigenvalue weighted by molar-refractivity contribution is 5.83. The second-order valence-electron chi connectivity index (χ2n) is 12.1. The zero-order chi connectivity index (χ0) is 23.8. The number of cyclic esters (lactones) is 1. The van der Waals surface area contributed by atoms with Crippen LogP contribution in [0, 0.1) is 34.5 Å². The lowest BCUT2D eigenvalue weighted by atomic mass is 9.48. The van der Waals surface area contributed by atoms with Crippen LogP contribution in [0.5, 0.6) is 0 Å². The average molecular weight is 463 g/mol. The topological polar surface area (TPSA) is 101 Å². The van der Waals surface area contributed by atoms with Crippen LogP contribution >= 0.6 is 0 Å². The summed E-state index contributed by atoms with van der Waals surface area (Å²) in [6.07, 6.45) is 4.83. The van der Waals surface area contributed by atoms with Gasteiger partial charge in [0.15, 0.2) is 0 Å². The number of carbonyl (C=O) groups is 2. The first kappa shape index (κ1) is 22.0. The van der Waals surface area contributed by atoms with E-state index in [1.807, 2.05) is 19.9 Å². The van der Waals surface area contributed by atoms with E-state index in [4.69, 9.17) is 23.7 Å². The number of hydrogen-bond acceptors (Lipinski definition) is 8. The van der Waals surface area contributed by atoms with Gasteiger partial charge in [-0.15, -0.1) is 0 Å². The van der Waals surface area contributed by atoms with Crippen molar-refractivity contribution >= 4 is 11.9 Å². The van der Waals surface area contributed by atoms with E-state index in [0.717, 1.165) is 12.8 Å². The third-order valence-electron chi connectivity index (χ3n) is 10.3. The molecule has 4 saturated heterocycles. The molecule has 0 aromatic carbocycles. The van der Waals surface area contributed by atoms with Gasteiger partial charge in [-0.25, -0.2) is 4.79 Å². The standard InChI is InChI=1S/C25H34O8/c1-13-7-8-15-20(3,4)29-16(27)9-10-23(15,12-26)24(13)11-21(5)14(2)17-18-22(6,31-19(17)28)32-25(21,30-18)33-24/h9-10,13-15,17-18,26H,7-8,11-12H2,1-6H3/t13-,14-,15-,17+,18-,21+,22-,23+,24-,25+/m0/s1. The Balaban J connectivity index is 1.56. The SMILES string of the molecule is C[C@H]1CC[C@H]2C(C)(C)OC(=O)C=C[C@]2(CO)[C@]12C[C@]1(C)[C@@H](C)[C@H]3C(=O)O[C@@]4(C)O[C@@]1(O[C@@H]34)O2. The van der Waals surface area contributed by atoms with Crippen molar-refractivity contribution in [1.29, 1.82) is 0 Å². The lowest BCUT2D eigenvalue weighted by Gasteiger charge is -2.59. The van der Waals surface area contributed by atoms with Crippen molar-refractivity contribution in [3.8, 4) is 0 Å². The maximum absolute atomic E-state index is 12.8. The summed E-state index contributed by atoms with van der Waals surface area (Å²) in [4.78, 5) is 25.3. The van der Waals surface area contributed by atoms with Gasteiger partial charge in [-0.2, -0.15) is 0 Å². The lowest BCUT2D eigenvalue weighted by molar-refractivity contribution is -0.432. The average Bonchev–Trinajstić information content (AvgIpc) is 3.19. The minimum atomic E-state index is -1.41. The number of hydrogen-bond donors (Lipinski definition) is 1. The molecule has 0 amide bonds. The van der Waals surface area contributed by atoms with Crippen LogP contribution in [-0.2, 0) is 33.3 Å². The number of ether oxygens (including phenoxy) is 5. The van der Waals surface area contributed by atoms with Crippen LogP contribution in [0.1, 0.15) is 60.8 Å². The summed E-state index contributed by atoms with van der Waals surface area (Å²) in [7, 11) is 0. The van der Waals surface area contributed by atoms with Gasteiger partial charge < -0.3 is 24.1 Å². The Morgan fingerprint density at radius 1 is 1.06 bits per heavy atom. The Bertz CT molecular complexity index is 975. The number of esters is 2. The Labute approximate surface area is 193 Å². The highest BCUT2D eigenvalue weighted by atomic mass is 17.0. The van der Waals surface area contributed by atoms with E-state index < -0.39 is 51.8 Å². The van der Waals surface area contributed by atoms with Gasteiger partial charge in [0.25, 0.3) is 5.97 Å². The van der Waals surface area contributed by atoms with E-state index in [1.54, 1.807) is 6.92 Å². The lowest BCUT2D eigenvalue weighted by Crippen LogP contribution is -2.64. The van der Waals surface area contributed by atoms with Crippen LogP contribution in [0.15, 0.2) is 12.2 Å². The van der Waals surface area contributed by atoms with E-state index in [1.165, 1.54) is 6.08 Å². The van der Waals surface area contributed by atoms with E-state index >= 15 is 0 Å². The fourth-order valence-corrected chi connectivity index (χ4v) is 8.44. The van der Waals surface area contributed by atoms with E-state index in [-0.39, 0.29) is 30.3 Å². The first-order valence-electron chi connectivity index (χ1n) is 12.1. The van der Waals surface area contributed by atoms with Gasteiger partial charge in [-0.1, -0.05) is 26.8 Å². The molecule has 5 heterocycles. The largest absolute Gasteiger partial charge is 0.456 e. The smallest absolute Gasteiger partial charge is 0.330 e. The quantitative estimate of drug-likeness (QED) is 0.594. The molecule has 0 aromatic rings. The molecule has 2 bridgehead atoms. The Hall–Kier alpha value is -1.48. The summed E-state index contributed by atoms with van der Waals surface area (Å²) in [5.41, 5.74) is -3.26. The predicted molar refractivity (Wildman–Crippen MR) is 113 cm³/mol. The van der Waals surface area contributed by atoms with Gasteiger partial charge >= 0.3 is 11.9 Å². The summed E-state index contributed by atoms with van der Waals surface area (Å²) in [5, 5.41) is 11.1. The second kappa shape index (κ2) is 6.01. The molecule has 0 radical (unpaired) electrons. The molecule has 5 fully saturated rings. The van der Waals surface area contributed by atoms with Gasteiger partial charge in [0.2, 0.25) is 5.79 Å². The minimum absolute atomic E-state index is 0.0341. The monoisotopic (exact) mass is 462 g/mol. The normalized spacial score (nSPS) is 58.0. The molecule has 5 aliphatic heterocycles. The molecular weight excluding hydrogens is 428 g/mol. The zero-order valence-electron chi connectivity index (χ0n) is 20.2. The number of carbonyl (C=O) groups excluding carboxylic acids is 2. The van der Waals surface area contributed by atoms with Gasteiger partial charge in [-0.05, 0) is 44.9 Å². The highest BCUT2D eigenvalue weighted by Gasteiger charge is 2.85. The van der Waals surface area contributed by atoms with E-state index in [9.17, 15) is 14.7 Å². The molecule has 10 atom stereocenters. The fraction of sp³-hybridized carbons (Fsp3) is 0.840. The van der Waals surface area contributed by atoms with Crippen molar-refractivity contribution in [1.82, 2.24) is 0 Å². The highest BCUT2D eigenvalue weighted by Crippen LogP contribution is 2.75. The molecule has 182 valence electrons.